The Bertz CT molecular complexity index is 473. The van der Waals surface area contributed by atoms with Crippen LogP contribution in [0.25, 0.3) is 0 Å². The molecule has 0 unspecified atom stereocenters. The lowest BCUT2D eigenvalue weighted by Crippen LogP contribution is -2.41. The second-order valence-electron chi connectivity index (χ2n) is 3.21. The second kappa shape index (κ2) is 5.71. The zero-order chi connectivity index (χ0) is 12.9. The molecule has 1 aromatic heterocycles. The van der Waals surface area contributed by atoms with Gasteiger partial charge in [-0.1, -0.05) is 0 Å². The highest BCUT2D eigenvalue weighted by molar-refractivity contribution is 7.89. The van der Waals surface area contributed by atoms with Crippen LogP contribution in [0.1, 0.15) is 6.42 Å². The van der Waals surface area contributed by atoms with Gasteiger partial charge in [0.15, 0.2) is 0 Å². The number of carbonyl (C=O) groups is 1. The van der Waals surface area contributed by atoms with Crippen molar-refractivity contribution in [2.75, 3.05) is 6.61 Å². The predicted octanol–water partition coefficient (Wildman–Crippen LogP) is -0.804. The van der Waals surface area contributed by atoms with E-state index >= 15 is 0 Å². The zero-order valence-corrected chi connectivity index (χ0v) is 9.59. The van der Waals surface area contributed by atoms with Gasteiger partial charge in [-0.2, -0.15) is 4.72 Å². The summed E-state index contributed by atoms with van der Waals surface area (Å²) < 4.78 is 25.4. The van der Waals surface area contributed by atoms with Crippen LogP contribution in [0.15, 0.2) is 29.4 Å². The van der Waals surface area contributed by atoms with Gasteiger partial charge >= 0.3 is 5.97 Å². The standard InChI is InChI=1S/C9H12N2O5S/c12-5-3-8(9(13)14)11-17(15,16)7-2-1-4-10-6-7/h1-2,4,6,8,11-12H,3,5H2,(H,13,14)/t8-/m0/s1. The molecule has 1 aromatic rings. The van der Waals surface area contributed by atoms with Gasteiger partial charge in [-0.25, -0.2) is 8.42 Å². The Kier molecular flexibility index (Phi) is 4.55. The Morgan fingerprint density at radius 2 is 2.24 bits per heavy atom. The summed E-state index contributed by atoms with van der Waals surface area (Å²) in [5, 5.41) is 17.4. The van der Waals surface area contributed by atoms with E-state index in [2.05, 4.69) is 4.98 Å². The van der Waals surface area contributed by atoms with Crippen LogP contribution >= 0.6 is 0 Å². The molecule has 94 valence electrons. The fraction of sp³-hybridized carbons (Fsp3) is 0.333. The molecule has 0 aliphatic heterocycles. The molecule has 8 heteroatoms. The Hall–Kier alpha value is -1.51. The summed E-state index contributed by atoms with van der Waals surface area (Å²) in [7, 11) is -3.93. The molecule has 0 aliphatic carbocycles. The summed E-state index contributed by atoms with van der Waals surface area (Å²) in [6, 6.07) is 1.37. The Morgan fingerprint density at radius 3 is 2.71 bits per heavy atom. The third-order valence-electron chi connectivity index (χ3n) is 1.96. The highest BCUT2D eigenvalue weighted by Gasteiger charge is 2.24. The minimum absolute atomic E-state index is 0.121. The average Bonchev–Trinajstić information content (AvgIpc) is 2.29. The summed E-state index contributed by atoms with van der Waals surface area (Å²) in [6.45, 7) is -0.424. The Morgan fingerprint density at radius 1 is 1.53 bits per heavy atom. The minimum Gasteiger partial charge on any atom is -0.480 e. The number of nitrogens with one attached hydrogen (secondary N) is 1. The summed E-state index contributed by atoms with van der Waals surface area (Å²) in [5.41, 5.74) is 0. The van der Waals surface area contributed by atoms with Crippen LogP contribution in [-0.4, -0.2) is 42.2 Å². The van der Waals surface area contributed by atoms with E-state index in [1.165, 1.54) is 18.3 Å². The third kappa shape index (κ3) is 3.77. The lowest BCUT2D eigenvalue weighted by atomic mass is 10.2. The van der Waals surface area contributed by atoms with Crippen molar-refractivity contribution in [3.05, 3.63) is 24.5 Å². The Balaban J connectivity index is 2.89. The largest absolute Gasteiger partial charge is 0.480 e. The van der Waals surface area contributed by atoms with Crippen LogP contribution in [0, 0.1) is 0 Å². The molecule has 0 radical (unpaired) electrons. The first kappa shape index (κ1) is 13.6. The van der Waals surface area contributed by atoms with Gasteiger partial charge in [-0.15, -0.1) is 0 Å². The quantitative estimate of drug-likeness (QED) is 0.616. The molecule has 7 nitrogen and oxygen atoms in total. The van der Waals surface area contributed by atoms with Crippen LogP contribution in [0.5, 0.6) is 0 Å². The number of aliphatic carboxylic acids is 1. The predicted molar refractivity (Wildman–Crippen MR) is 57.7 cm³/mol. The molecular weight excluding hydrogens is 248 g/mol. The van der Waals surface area contributed by atoms with Crippen molar-refractivity contribution in [3.8, 4) is 0 Å². The number of nitrogens with zero attached hydrogens (tertiary/aromatic N) is 1. The van der Waals surface area contributed by atoms with E-state index in [-0.39, 0.29) is 11.3 Å². The van der Waals surface area contributed by atoms with Gasteiger partial charge in [-0.05, 0) is 18.6 Å². The number of rotatable bonds is 6. The lowest BCUT2D eigenvalue weighted by molar-refractivity contribution is -0.139. The van der Waals surface area contributed by atoms with Crippen LogP contribution < -0.4 is 4.72 Å². The number of sulfonamides is 1. The Labute approximate surface area is 98.2 Å². The fourth-order valence-electron chi connectivity index (χ4n) is 1.12. The van der Waals surface area contributed by atoms with Crippen molar-refractivity contribution < 1.29 is 23.4 Å². The molecule has 17 heavy (non-hydrogen) atoms. The summed E-state index contributed by atoms with van der Waals surface area (Å²) in [6.07, 6.45) is 2.32. The maximum absolute atomic E-state index is 11.7. The molecule has 0 saturated heterocycles. The number of carboxylic acids is 1. The average molecular weight is 260 g/mol. The number of aliphatic hydroxyl groups is 1. The van der Waals surface area contributed by atoms with E-state index in [4.69, 9.17) is 10.2 Å². The van der Waals surface area contributed by atoms with E-state index < -0.39 is 28.6 Å². The van der Waals surface area contributed by atoms with Gasteiger partial charge in [0.25, 0.3) is 0 Å². The number of hydrogen-bond acceptors (Lipinski definition) is 5. The molecular formula is C9H12N2O5S. The smallest absolute Gasteiger partial charge is 0.321 e. The lowest BCUT2D eigenvalue weighted by Gasteiger charge is -2.13. The van der Waals surface area contributed by atoms with E-state index in [0.717, 1.165) is 6.20 Å². The SMILES string of the molecule is O=C(O)[C@H](CCO)NS(=O)(=O)c1cccnc1. The molecule has 0 saturated carbocycles. The third-order valence-corrected chi connectivity index (χ3v) is 3.41. The van der Waals surface area contributed by atoms with E-state index in [0.29, 0.717) is 0 Å². The maximum Gasteiger partial charge on any atom is 0.321 e. The van der Waals surface area contributed by atoms with Gasteiger partial charge in [0.05, 0.1) is 0 Å². The molecule has 0 fully saturated rings. The zero-order valence-electron chi connectivity index (χ0n) is 8.78. The van der Waals surface area contributed by atoms with Gasteiger partial charge in [0, 0.05) is 19.0 Å². The van der Waals surface area contributed by atoms with Crippen molar-refractivity contribution in [2.45, 2.75) is 17.4 Å². The highest BCUT2D eigenvalue weighted by Crippen LogP contribution is 2.07. The van der Waals surface area contributed by atoms with Crippen molar-refractivity contribution >= 4 is 16.0 Å². The summed E-state index contributed by atoms with van der Waals surface area (Å²) in [5.74, 6) is -1.34. The first-order chi connectivity index (χ1) is 7.97. The van der Waals surface area contributed by atoms with Gasteiger partial charge in [-0.3, -0.25) is 9.78 Å². The van der Waals surface area contributed by atoms with E-state index in [1.54, 1.807) is 0 Å². The van der Waals surface area contributed by atoms with Crippen LogP contribution in [0.3, 0.4) is 0 Å². The highest BCUT2D eigenvalue weighted by atomic mass is 32.2. The number of hydrogen-bond donors (Lipinski definition) is 3. The van der Waals surface area contributed by atoms with Crippen LogP contribution in [0.4, 0.5) is 0 Å². The summed E-state index contributed by atoms with van der Waals surface area (Å²) >= 11 is 0. The van der Waals surface area contributed by atoms with Crippen LogP contribution in [0.2, 0.25) is 0 Å². The molecule has 3 N–H and O–H groups in total. The minimum atomic E-state index is -3.93. The molecule has 0 spiro atoms. The van der Waals surface area contributed by atoms with Crippen molar-refractivity contribution in [2.24, 2.45) is 0 Å². The first-order valence-electron chi connectivity index (χ1n) is 4.73. The molecule has 0 amide bonds. The van der Waals surface area contributed by atoms with E-state index in [1.807, 2.05) is 4.72 Å². The van der Waals surface area contributed by atoms with E-state index in [9.17, 15) is 13.2 Å². The number of aromatic nitrogens is 1. The molecule has 0 aromatic carbocycles. The van der Waals surface area contributed by atoms with Crippen molar-refractivity contribution in [1.29, 1.82) is 0 Å². The molecule has 1 heterocycles. The second-order valence-corrected chi connectivity index (χ2v) is 4.93. The van der Waals surface area contributed by atoms with Gasteiger partial charge in [0.1, 0.15) is 10.9 Å². The molecule has 0 aliphatic rings. The topological polar surface area (TPSA) is 117 Å². The van der Waals surface area contributed by atoms with Crippen molar-refractivity contribution in [1.82, 2.24) is 9.71 Å². The first-order valence-corrected chi connectivity index (χ1v) is 6.21. The van der Waals surface area contributed by atoms with Crippen LogP contribution in [-0.2, 0) is 14.8 Å². The molecule has 1 atom stereocenters. The fourth-order valence-corrected chi connectivity index (χ4v) is 2.31. The van der Waals surface area contributed by atoms with Gasteiger partial charge < -0.3 is 10.2 Å². The van der Waals surface area contributed by atoms with Gasteiger partial charge in [0.2, 0.25) is 10.0 Å². The number of carboxylic acid groups (broad SMARTS) is 1. The number of pyridine rings is 1. The number of aliphatic hydroxyl groups excluding tert-OH is 1. The van der Waals surface area contributed by atoms with Crippen molar-refractivity contribution in [3.63, 3.8) is 0 Å². The maximum atomic E-state index is 11.7. The molecule has 0 bridgehead atoms. The monoisotopic (exact) mass is 260 g/mol. The molecule has 1 rings (SSSR count). The summed E-state index contributed by atoms with van der Waals surface area (Å²) in [4.78, 5) is 14.3. The normalized spacial score (nSPS) is 13.2.